The first-order valence-electron chi connectivity index (χ1n) is 13.4. The van der Waals surface area contributed by atoms with Gasteiger partial charge < -0.3 is 15.2 Å². The Bertz CT molecular complexity index is 1330. The van der Waals surface area contributed by atoms with E-state index in [1.165, 1.54) is 11.3 Å². The number of carbonyl (C=O) groups excluding carboxylic acids is 2. The van der Waals surface area contributed by atoms with E-state index >= 15 is 0 Å². The van der Waals surface area contributed by atoms with Crippen LogP contribution in [0.1, 0.15) is 65.6 Å². The summed E-state index contributed by atoms with van der Waals surface area (Å²) in [5.74, 6) is -1.24. The molecule has 1 aromatic heterocycles. The normalized spacial score (nSPS) is 14.5. The highest BCUT2D eigenvalue weighted by atomic mass is 32.1. The van der Waals surface area contributed by atoms with Gasteiger partial charge in [-0.2, -0.15) is 0 Å². The lowest BCUT2D eigenvalue weighted by Gasteiger charge is -2.27. The third kappa shape index (κ3) is 6.87. The predicted molar refractivity (Wildman–Crippen MR) is 156 cm³/mol. The number of carbonyl (C=O) groups is 3. The largest absolute Gasteiger partial charge is 0.497 e. The van der Waals surface area contributed by atoms with Crippen LogP contribution in [0.4, 0.5) is 15.5 Å². The summed E-state index contributed by atoms with van der Waals surface area (Å²) in [7, 11) is 1.60. The third-order valence-electron chi connectivity index (χ3n) is 7.49. The second kappa shape index (κ2) is 12.5. The summed E-state index contributed by atoms with van der Waals surface area (Å²) in [6.07, 6.45) is 4.66. The Morgan fingerprint density at radius 2 is 1.62 bits per heavy atom. The fourth-order valence-electron chi connectivity index (χ4n) is 5.52. The van der Waals surface area contributed by atoms with Crippen molar-refractivity contribution in [3.05, 3.63) is 64.7 Å². The maximum absolute atomic E-state index is 13.6. The smallest absolute Gasteiger partial charge is 0.324 e. The summed E-state index contributed by atoms with van der Waals surface area (Å²) in [5, 5.41) is 16.2. The number of benzene rings is 2. The number of rotatable bonds is 9. The highest BCUT2D eigenvalue weighted by Crippen LogP contribution is 2.39. The first-order valence-corrected chi connectivity index (χ1v) is 14.2. The zero-order valence-electron chi connectivity index (χ0n) is 22.9. The van der Waals surface area contributed by atoms with E-state index in [4.69, 9.17) is 4.74 Å². The number of carboxylic acids is 1. The first kappa shape index (κ1) is 28.4. The molecule has 1 saturated carbocycles. The molecule has 0 radical (unpaired) electrons. The van der Waals surface area contributed by atoms with Crippen LogP contribution in [-0.2, 0) is 4.79 Å². The number of amides is 2. The van der Waals surface area contributed by atoms with E-state index in [1.54, 1.807) is 13.2 Å². The molecule has 0 saturated heterocycles. The quantitative estimate of drug-likeness (QED) is 0.236. The maximum Gasteiger partial charge on any atom is 0.324 e. The number of aliphatic carboxylic acids is 1. The maximum atomic E-state index is 13.6. The van der Waals surface area contributed by atoms with Crippen LogP contribution in [0.25, 0.3) is 10.4 Å². The topological polar surface area (TPSA) is 105 Å². The molecule has 1 aliphatic rings. The number of hydrogen-bond donors (Lipinski definition) is 3. The van der Waals surface area contributed by atoms with Crippen LogP contribution in [0.2, 0.25) is 0 Å². The monoisotopic (exact) mass is 548 g/mol. The lowest BCUT2D eigenvalue weighted by atomic mass is 9.77. The number of anilines is 2. The van der Waals surface area contributed by atoms with E-state index in [2.05, 4.69) is 10.6 Å². The fraction of sp³-hybridized carbons (Fsp3) is 0.387. The number of Topliss-reactive ketones (excluding diaryl/α,β-unsaturated/α-hetero) is 1. The van der Waals surface area contributed by atoms with Gasteiger partial charge in [-0.25, -0.2) is 4.79 Å². The van der Waals surface area contributed by atoms with Gasteiger partial charge in [0.25, 0.3) is 0 Å². The molecule has 3 N–H and O–H groups in total. The van der Waals surface area contributed by atoms with Gasteiger partial charge in [0.2, 0.25) is 0 Å². The highest BCUT2D eigenvalue weighted by molar-refractivity contribution is 7.20. The molecule has 8 heteroatoms. The summed E-state index contributed by atoms with van der Waals surface area (Å²) >= 11 is 1.29. The van der Waals surface area contributed by atoms with Gasteiger partial charge >= 0.3 is 12.0 Å². The van der Waals surface area contributed by atoms with Crippen LogP contribution in [0, 0.1) is 32.6 Å². The van der Waals surface area contributed by atoms with Crippen LogP contribution in [-0.4, -0.2) is 30.0 Å². The third-order valence-corrected chi connectivity index (χ3v) is 8.59. The van der Waals surface area contributed by atoms with Crippen LogP contribution in [0.5, 0.6) is 5.75 Å². The average Bonchev–Trinajstić information content (AvgIpc) is 3.33. The van der Waals surface area contributed by atoms with E-state index in [0.717, 1.165) is 64.9 Å². The van der Waals surface area contributed by atoms with Crippen molar-refractivity contribution >= 4 is 39.8 Å². The second-order valence-corrected chi connectivity index (χ2v) is 11.5. The lowest BCUT2D eigenvalue weighted by Crippen LogP contribution is -2.28. The van der Waals surface area contributed by atoms with Gasteiger partial charge in [0.15, 0.2) is 5.78 Å². The minimum absolute atomic E-state index is 0.00732. The van der Waals surface area contributed by atoms with E-state index in [-0.39, 0.29) is 18.1 Å². The minimum Gasteiger partial charge on any atom is -0.497 e. The molecule has 0 unspecified atom stereocenters. The lowest BCUT2D eigenvalue weighted by molar-refractivity contribution is -0.144. The molecule has 39 heavy (non-hydrogen) atoms. The SMILES string of the molecule is COc1ccc(-c2cc(C(=O)C[C@H](C(=O)O)C3CCCCC3)c(NC(=O)Nc3c(C)cc(C)cc3C)s2)cc1. The molecule has 2 aromatic carbocycles. The van der Waals surface area contributed by atoms with Gasteiger partial charge in [-0.3, -0.25) is 14.9 Å². The van der Waals surface area contributed by atoms with E-state index in [0.29, 0.717) is 16.3 Å². The van der Waals surface area contributed by atoms with Crippen LogP contribution >= 0.6 is 11.3 Å². The molecule has 7 nitrogen and oxygen atoms in total. The molecule has 206 valence electrons. The zero-order chi connectivity index (χ0) is 28.1. The fourth-order valence-corrected chi connectivity index (χ4v) is 6.59. The van der Waals surface area contributed by atoms with Crippen molar-refractivity contribution < 1.29 is 24.2 Å². The number of methoxy groups -OCH3 is 1. The summed E-state index contributed by atoms with van der Waals surface area (Å²) in [4.78, 5) is 39.7. The zero-order valence-corrected chi connectivity index (χ0v) is 23.7. The average molecular weight is 549 g/mol. The Labute approximate surface area is 233 Å². The van der Waals surface area contributed by atoms with Crippen molar-refractivity contribution in [1.29, 1.82) is 0 Å². The standard InChI is InChI=1S/C31H36N2O5S/c1-18-14-19(2)28(20(3)15-18)32-31(37)33-29-25(17-27(39-29)22-10-12-23(38-4)13-11-22)26(34)16-24(30(35)36)21-8-6-5-7-9-21/h10-15,17,21,24H,5-9,16H2,1-4H3,(H,35,36)(H2,32,33,37)/t24-/m0/s1. The van der Waals surface area contributed by atoms with Gasteiger partial charge in [-0.05, 0) is 86.6 Å². The van der Waals surface area contributed by atoms with Gasteiger partial charge in [0, 0.05) is 17.0 Å². The molecule has 4 rings (SSSR count). The molecule has 1 aliphatic carbocycles. The number of urea groups is 1. The minimum atomic E-state index is -0.932. The van der Waals surface area contributed by atoms with Crippen LogP contribution in [0.3, 0.4) is 0 Å². The molecule has 1 atom stereocenters. The molecular formula is C31H36N2O5S. The highest BCUT2D eigenvalue weighted by Gasteiger charge is 2.33. The van der Waals surface area contributed by atoms with Crippen LogP contribution in [0.15, 0.2) is 42.5 Å². The Hall–Kier alpha value is -3.65. The molecular weight excluding hydrogens is 512 g/mol. The summed E-state index contributed by atoms with van der Waals surface area (Å²) < 4.78 is 5.26. The van der Waals surface area contributed by atoms with E-state index < -0.39 is 17.9 Å². The number of carboxylic acid groups (broad SMARTS) is 1. The number of nitrogens with one attached hydrogen (secondary N) is 2. The number of ketones is 1. The number of ether oxygens (including phenoxy) is 1. The van der Waals surface area contributed by atoms with Crippen molar-refractivity contribution in [3.63, 3.8) is 0 Å². The number of hydrogen-bond acceptors (Lipinski definition) is 5. The Morgan fingerprint density at radius 3 is 2.21 bits per heavy atom. The molecule has 0 spiro atoms. The van der Waals surface area contributed by atoms with E-state index in [9.17, 15) is 19.5 Å². The predicted octanol–water partition coefficient (Wildman–Crippen LogP) is 7.85. The van der Waals surface area contributed by atoms with Crippen molar-refractivity contribution in [2.45, 2.75) is 59.3 Å². The van der Waals surface area contributed by atoms with Crippen molar-refractivity contribution in [2.24, 2.45) is 11.8 Å². The van der Waals surface area contributed by atoms with Crippen LogP contribution < -0.4 is 15.4 Å². The van der Waals surface area contributed by atoms with Gasteiger partial charge in [-0.1, -0.05) is 37.0 Å². The molecule has 1 fully saturated rings. The van der Waals surface area contributed by atoms with Gasteiger partial charge in [0.1, 0.15) is 10.8 Å². The summed E-state index contributed by atoms with van der Waals surface area (Å²) in [6, 6.07) is 12.8. The van der Waals surface area contributed by atoms with Crippen molar-refractivity contribution in [1.82, 2.24) is 0 Å². The van der Waals surface area contributed by atoms with E-state index in [1.807, 2.05) is 57.2 Å². The Morgan fingerprint density at radius 1 is 0.974 bits per heavy atom. The van der Waals surface area contributed by atoms with Gasteiger partial charge in [0.05, 0.1) is 18.6 Å². The number of thiophene rings is 1. The summed E-state index contributed by atoms with van der Waals surface area (Å²) in [6.45, 7) is 5.88. The molecule has 2 amide bonds. The first-order chi connectivity index (χ1) is 18.7. The molecule has 0 aliphatic heterocycles. The second-order valence-electron chi connectivity index (χ2n) is 10.4. The van der Waals surface area contributed by atoms with Crippen molar-refractivity contribution in [2.75, 3.05) is 17.7 Å². The Balaban J connectivity index is 1.63. The molecule has 3 aromatic rings. The molecule has 1 heterocycles. The van der Waals surface area contributed by atoms with Gasteiger partial charge in [-0.15, -0.1) is 11.3 Å². The summed E-state index contributed by atoms with van der Waals surface area (Å²) in [5.41, 5.74) is 4.93. The van der Waals surface area contributed by atoms with Crippen molar-refractivity contribution in [3.8, 4) is 16.2 Å². The Kier molecular flexibility index (Phi) is 9.07. The number of aryl methyl sites for hydroxylation is 3. The molecule has 0 bridgehead atoms.